The van der Waals surface area contributed by atoms with E-state index in [1.165, 1.54) is 6.20 Å². The van der Waals surface area contributed by atoms with E-state index in [2.05, 4.69) is 20.9 Å². The van der Waals surface area contributed by atoms with Gasteiger partial charge in [-0.25, -0.2) is 8.42 Å². The van der Waals surface area contributed by atoms with Crippen molar-refractivity contribution < 1.29 is 13.2 Å². The minimum Gasteiger partial charge on any atom is -0.459 e. The van der Waals surface area contributed by atoms with E-state index in [9.17, 15) is 8.42 Å². The molecule has 3 rings (SSSR count). The quantitative estimate of drug-likeness (QED) is 0.755. The molecule has 1 atom stereocenters. The Balaban J connectivity index is 1.96. The number of aromatic nitrogens is 1. The number of hydrogen-bond acceptors (Lipinski definition) is 5. The van der Waals surface area contributed by atoms with Crippen LogP contribution in [0.3, 0.4) is 0 Å². The van der Waals surface area contributed by atoms with Gasteiger partial charge >= 0.3 is 0 Å². The van der Waals surface area contributed by atoms with E-state index in [0.717, 1.165) is 22.9 Å². The summed E-state index contributed by atoms with van der Waals surface area (Å²) in [5.74, 6) is 0.428. The molecule has 0 amide bonds. The molecule has 5 nitrogen and oxygen atoms in total. The van der Waals surface area contributed by atoms with Crippen LogP contribution in [0.2, 0.25) is 0 Å². The van der Waals surface area contributed by atoms with Gasteiger partial charge in [0.1, 0.15) is 5.75 Å². The lowest BCUT2D eigenvalue weighted by Crippen LogP contribution is -2.43. The van der Waals surface area contributed by atoms with Gasteiger partial charge in [0.2, 0.25) is 9.84 Å². The fourth-order valence-electron chi connectivity index (χ4n) is 2.70. The Labute approximate surface area is 150 Å². The molecule has 1 saturated heterocycles. The Kier molecular flexibility index (Phi) is 5.22. The van der Waals surface area contributed by atoms with Crippen molar-refractivity contribution in [3.8, 4) is 5.75 Å². The van der Waals surface area contributed by atoms with Gasteiger partial charge < -0.3 is 4.74 Å². The molecule has 0 radical (unpaired) electrons. The van der Waals surface area contributed by atoms with Gasteiger partial charge in [0.05, 0.1) is 11.1 Å². The molecule has 7 heteroatoms. The summed E-state index contributed by atoms with van der Waals surface area (Å²) in [6.45, 7) is 3.34. The highest BCUT2D eigenvalue weighted by atomic mass is 79.9. The van der Waals surface area contributed by atoms with Crippen molar-refractivity contribution in [3.05, 3.63) is 52.8 Å². The number of rotatable bonds is 5. The van der Waals surface area contributed by atoms with E-state index in [1.54, 1.807) is 36.5 Å². The lowest BCUT2D eigenvalue weighted by molar-refractivity contribution is 0.109. The monoisotopic (exact) mass is 410 g/mol. The number of benzene rings is 1. The highest BCUT2D eigenvalue weighted by Gasteiger charge is 2.36. The van der Waals surface area contributed by atoms with Crippen LogP contribution < -0.4 is 4.74 Å². The first-order valence-corrected chi connectivity index (χ1v) is 10.1. The van der Waals surface area contributed by atoms with Gasteiger partial charge in [-0.1, -0.05) is 17.7 Å². The Bertz CT molecular complexity index is 803. The number of aryl methyl sites for hydroxylation is 1. The summed E-state index contributed by atoms with van der Waals surface area (Å²) < 4.78 is 32.9. The van der Waals surface area contributed by atoms with E-state index in [1.807, 2.05) is 11.8 Å². The molecule has 0 N–H and O–H groups in total. The number of halogens is 1. The van der Waals surface area contributed by atoms with E-state index < -0.39 is 15.4 Å². The maximum absolute atomic E-state index is 13.1. The van der Waals surface area contributed by atoms with Gasteiger partial charge in [-0.3, -0.25) is 9.88 Å². The molecule has 2 heterocycles. The number of pyridine rings is 1. The molecular weight excluding hydrogens is 392 g/mol. The second-order valence-corrected chi connectivity index (χ2v) is 8.75. The largest absolute Gasteiger partial charge is 0.459 e. The molecule has 24 heavy (non-hydrogen) atoms. The Morgan fingerprint density at radius 1 is 1.17 bits per heavy atom. The first-order chi connectivity index (χ1) is 11.5. The highest BCUT2D eigenvalue weighted by Crippen LogP contribution is 2.26. The molecule has 1 aliphatic rings. The second-order valence-electron chi connectivity index (χ2n) is 5.86. The zero-order valence-corrected chi connectivity index (χ0v) is 15.8. The Morgan fingerprint density at radius 2 is 1.83 bits per heavy atom. The lowest BCUT2D eigenvalue weighted by Gasteiger charge is -2.27. The van der Waals surface area contributed by atoms with Crippen molar-refractivity contribution >= 4 is 25.8 Å². The predicted molar refractivity (Wildman–Crippen MR) is 95.5 cm³/mol. The highest BCUT2D eigenvalue weighted by molar-refractivity contribution is 9.10. The number of ether oxygens (including phenoxy) is 1. The van der Waals surface area contributed by atoms with Crippen LogP contribution >= 0.6 is 15.9 Å². The molecule has 0 bridgehead atoms. The van der Waals surface area contributed by atoms with Crippen molar-refractivity contribution in [2.45, 2.75) is 30.2 Å². The van der Waals surface area contributed by atoms with Crippen LogP contribution in [-0.2, 0) is 9.84 Å². The topological polar surface area (TPSA) is 59.5 Å². The lowest BCUT2D eigenvalue weighted by atomic mass is 10.2. The molecular formula is C17H19BrN2O3S. The minimum absolute atomic E-state index is 0.271. The predicted octanol–water partition coefficient (Wildman–Crippen LogP) is 3.38. The maximum Gasteiger partial charge on any atom is 0.259 e. The zero-order chi connectivity index (χ0) is 17.2. The summed E-state index contributed by atoms with van der Waals surface area (Å²) >= 11 is 3.33. The van der Waals surface area contributed by atoms with Crippen LogP contribution in [0.15, 0.2) is 52.1 Å². The van der Waals surface area contributed by atoms with Gasteiger partial charge in [0.15, 0.2) is 0 Å². The van der Waals surface area contributed by atoms with Crippen molar-refractivity contribution in [3.63, 3.8) is 0 Å². The molecule has 1 unspecified atom stereocenters. The van der Waals surface area contributed by atoms with Crippen LogP contribution in [0.4, 0.5) is 0 Å². The van der Waals surface area contributed by atoms with Gasteiger partial charge in [-0.05, 0) is 53.9 Å². The summed E-state index contributed by atoms with van der Waals surface area (Å²) in [4.78, 5) is 6.19. The molecule has 1 fully saturated rings. The SMILES string of the molecule is Cc1ccc(S(=O)(=O)C(Oc2cncc(Br)c2)N2CCCC2)cc1. The fourth-order valence-corrected chi connectivity index (χ4v) is 4.64. The Hall–Kier alpha value is -1.44. The maximum atomic E-state index is 13.1. The first kappa shape index (κ1) is 17.4. The smallest absolute Gasteiger partial charge is 0.259 e. The van der Waals surface area contributed by atoms with Crippen molar-refractivity contribution in [1.29, 1.82) is 0 Å². The molecule has 128 valence electrons. The van der Waals surface area contributed by atoms with E-state index in [0.29, 0.717) is 18.8 Å². The summed E-state index contributed by atoms with van der Waals surface area (Å²) in [6.07, 6.45) is 5.10. The normalized spacial score (nSPS) is 16.9. The van der Waals surface area contributed by atoms with Crippen LogP contribution in [0.1, 0.15) is 18.4 Å². The third kappa shape index (κ3) is 3.79. The number of hydrogen-bond donors (Lipinski definition) is 0. The van der Waals surface area contributed by atoms with E-state index in [4.69, 9.17) is 4.74 Å². The van der Waals surface area contributed by atoms with Gasteiger partial charge in [0.25, 0.3) is 5.56 Å². The van der Waals surface area contributed by atoms with Crippen LogP contribution in [0, 0.1) is 6.92 Å². The fraction of sp³-hybridized carbons (Fsp3) is 0.353. The summed E-state index contributed by atoms with van der Waals surface area (Å²) in [5, 5.41) is 0. The number of nitrogens with zero attached hydrogens (tertiary/aromatic N) is 2. The molecule has 0 aliphatic carbocycles. The third-order valence-corrected chi connectivity index (χ3v) is 6.26. The third-order valence-electron chi connectivity index (χ3n) is 3.97. The number of likely N-dealkylation sites (tertiary alicyclic amines) is 1. The average molecular weight is 411 g/mol. The molecule has 1 aromatic heterocycles. The van der Waals surface area contributed by atoms with Crippen LogP contribution in [0.25, 0.3) is 0 Å². The molecule has 0 spiro atoms. The zero-order valence-electron chi connectivity index (χ0n) is 13.4. The summed E-state index contributed by atoms with van der Waals surface area (Å²) in [6, 6.07) is 8.59. The minimum atomic E-state index is -3.65. The molecule has 0 saturated carbocycles. The summed E-state index contributed by atoms with van der Waals surface area (Å²) in [5.41, 5.74) is -0.0254. The molecule has 1 aromatic carbocycles. The molecule has 1 aliphatic heterocycles. The second kappa shape index (κ2) is 7.21. The van der Waals surface area contributed by atoms with E-state index in [-0.39, 0.29) is 4.90 Å². The number of sulfone groups is 1. The van der Waals surface area contributed by atoms with Gasteiger partial charge in [-0.15, -0.1) is 0 Å². The van der Waals surface area contributed by atoms with Crippen LogP contribution in [-0.4, -0.2) is 37.0 Å². The standard InChI is InChI=1S/C17H19BrN2O3S/c1-13-4-6-16(7-5-13)24(21,22)17(20-8-2-3-9-20)23-15-10-14(18)11-19-12-15/h4-7,10-12,17H,2-3,8-9H2,1H3. The van der Waals surface area contributed by atoms with Crippen molar-refractivity contribution in [1.82, 2.24) is 9.88 Å². The van der Waals surface area contributed by atoms with Crippen LogP contribution in [0.5, 0.6) is 5.75 Å². The van der Waals surface area contributed by atoms with Crippen molar-refractivity contribution in [2.75, 3.05) is 13.1 Å². The first-order valence-electron chi connectivity index (χ1n) is 7.79. The Morgan fingerprint density at radius 3 is 2.46 bits per heavy atom. The average Bonchev–Trinajstić information content (AvgIpc) is 3.07. The summed E-state index contributed by atoms with van der Waals surface area (Å²) in [7, 11) is -3.65. The van der Waals surface area contributed by atoms with Crippen molar-refractivity contribution in [2.24, 2.45) is 0 Å². The van der Waals surface area contributed by atoms with E-state index >= 15 is 0 Å². The van der Waals surface area contributed by atoms with Gasteiger partial charge in [0, 0.05) is 23.8 Å². The van der Waals surface area contributed by atoms with Gasteiger partial charge in [-0.2, -0.15) is 0 Å². The molecule has 2 aromatic rings.